The van der Waals surface area contributed by atoms with Crippen LogP contribution >= 0.6 is 0 Å². The van der Waals surface area contributed by atoms with Crippen LogP contribution in [0.4, 0.5) is 0 Å². The number of hydrogen-bond donors (Lipinski definition) is 3. The fourth-order valence-corrected chi connectivity index (χ4v) is 4.48. The number of fused-ring (bicyclic) bond motifs is 1. The van der Waals surface area contributed by atoms with Crippen LogP contribution in [0.5, 0.6) is 17.2 Å². The van der Waals surface area contributed by atoms with Gasteiger partial charge in [0.15, 0.2) is 0 Å². The first-order valence-electron chi connectivity index (χ1n) is 11.7. The molecule has 0 aliphatic rings. The van der Waals surface area contributed by atoms with Gasteiger partial charge in [0.1, 0.15) is 17.2 Å². The maximum atomic E-state index is 13.7. The van der Waals surface area contributed by atoms with Crippen molar-refractivity contribution in [1.82, 2.24) is 9.55 Å². The Balaban J connectivity index is 1.84. The summed E-state index contributed by atoms with van der Waals surface area (Å²) in [7, 11) is 2.75. The van der Waals surface area contributed by atoms with E-state index in [9.17, 15) is 24.6 Å². The molecule has 2 aromatic heterocycles. The van der Waals surface area contributed by atoms with Crippen LogP contribution in [-0.4, -0.2) is 40.0 Å². The minimum atomic E-state index is -1.06. The van der Waals surface area contributed by atoms with Gasteiger partial charge in [-0.1, -0.05) is 12.1 Å². The number of carbonyl (C=O) groups excluding carboxylic acids is 1. The van der Waals surface area contributed by atoms with Gasteiger partial charge in [-0.2, -0.15) is 0 Å². The van der Waals surface area contributed by atoms with Gasteiger partial charge in [-0.3, -0.25) is 14.4 Å². The van der Waals surface area contributed by atoms with E-state index in [4.69, 9.17) is 9.47 Å². The van der Waals surface area contributed by atoms with E-state index in [0.29, 0.717) is 35.3 Å². The molecule has 0 aliphatic carbocycles. The average Bonchev–Trinajstić information content (AvgIpc) is 2.88. The first-order valence-corrected chi connectivity index (χ1v) is 11.7. The number of methoxy groups -OCH3 is 2. The first-order chi connectivity index (χ1) is 17.7. The predicted molar refractivity (Wildman–Crippen MR) is 139 cm³/mol. The lowest BCUT2D eigenvalue weighted by molar-refractivity contribution is -0.140. The fourth-order valence-electron chi connectivity index (χ4n) is 4.48. The summed E-state index contributed by atoms with van der Waals surface area (Å²) in [5, 5.41) is 21.1. The van der Waals surface area contributed by atoms with Crippen LogP contribution in [0.3, 0.4) is 0 Å². The van der Waals surface area contributed by atoms with Crippen molar-refractivity contribution < 1.29 is 24.5 Å². The Labute approximate surface area is 212 Å². The number of aromatic hydroxyl groups is 2. The Hall–Kier alpha value is -4.53. The molecule has 2 aromatic carbocycles. The molecule has 0 radical (unpaired) electrons. The Bertz CT molecular complexity index is 1570. The lowest BCUT2D eigenvalue weighted by Gasteiger charge is -2.20. The maximum Gasteiger partial charge on any atom is 0.306 e. The van der Waals surface area contributed by atoms with Gasteiger partial charge in [-0.25, -0.2) is 0 Å². The number of esters is 1. The highest BCUT2D eigenvalue weighted by Gasteiger charge is 2.29. The molecule has 9 nitrogen and oxygen atoms in total. The monoisotopic (exact) mass is 504 g/mol. The third kappa shape index (κ3) is 5.35. The highest BCUT2D eigenvalue weighted by Crippen LogP contribution is 2.32. The van der Waals surface area contributed by atoms with Crippen molar-refractivity contribution in [3.63, 3.8) is 0 Å². The zero-order valence-electron chi connectivity index (χ0n) is 20.8. The van der Waals surface area contributed by atoms with E-state index in [1.54, 1.807) is 55.5 Å². The number of phenols is 1. The maximum absolute atomic E-state index is 13.7. The molecule has 0 aliphatic heterocycles. The Morgan fingerprint density at radius 2 is 1.76 bits per heavy atom. The molecule has 0 saturated heterocycles. The Morgan fingerprint density at radius 1 is 1.03 bits per heavy atom. The number of benzene rings is 2. The second-order valence-corrected chi connectivity index (χ2v) is 8.80. The summed E-state index contributed by atoms with van der Waals surface area (Å²) in [4.78, 5) is 42.0. The van der Waals surface area contributed by atoms with E-state index in [1.165, 1.54) is 24.9 Å². The van der Waals surface area contributed by atoms with Crippen LogP contribution in [0.1, 0.15) is 34.7 Å². The summed E-state index contributed by atoms with van der Waals surface area (Å²) >= 11 is 0. The summed E-state index contributed by atoms with van der Waals surface area (Å²) in [5.41, 5.74) is 1.09. The van der Waals surface area contributed by atoms with Crippen LogP contribution < -0.4 is 15.9 Å². The number of H-pyrrole nitrogens is 1. The van der Waals surface area contributed by atoms with Crippen molar-refractivity contribution >= 4 is 16.9 Å². The molecule has 0 spiro atoms. The third-order valence-corrected chi connectivity index (χ3v) is 6.49. The standard InChI is InChI=1S/C28H28N2O7/c1-16-12-24(32)26(28(35)30(16)11-10-17-4-6-19(31)7-5-17)21(15-25(33)37-3)22-14-18-13-20(36-2)8-9-23(18)29-27(22)34/h4-9,12-14,21,31-32H,10-11,15H2,1-3H3,(H,29,34)/t21-/m0/s1. The van der Waals surface area contributed by atoms with E-state index in [0.717, 1.165) is 5.56 Å². The van der Waals surface area contributed by atoms with Crippen molar-refractivity contribution in [2.45, 2.75) is 32.2 Å². The highest BCUT2D eigenvalue weighted by atomic mass is 16.5. The molecule has 1 atom stereocenters. The van der Waals surface area contributed by atoms with Crippen LogP contribution in [0.15, 0.2) is 64.2 Å². The van der Waals surface area contributed by atoms with Gasteiger partial charge < -0.3 is 29.2 Å². The number of ether oxygens (including phenoxy) is 2. The predicted octanol–water partition coefficient (Wildman–Crippen LogP) is 3.36. The molecule has 4 rings (SSSR count). The van der Waals surface area contributed by atoms with E-state index in [1.807, 2.05) is 0 Å². The molecule has 3 N–H and O–H groups in total. The first kappa shape index (κ1) is 25.6. The molecule has 37 heavy (non-hydrogen) atoms. The summed E-state index contributed by atoms with van der Waals surface area (Å²) < 4.78 is 11.6. The molecule has 192 valence electrons. The topological polar surface area (TPSA) is 131 Å². The minimum Gasteiger partial charge on any atom is -0.508 e. The number of aromatic nitrogens is 2. The quantitative estimate of drug-likeness (QED) is 0.314. The largest absolute Gasteiger partial charge is 0.508 e. The second-order valence-electron chi connectivity index (χ2n) is 8.80. The molecule has 0 fully saturated rings. The van der Waals surface area contributed by atoms with E-state index >= 15 is 0 Å². The zero-order valence-corrected chi connectivity index (χ0v) is 20.8. The van der Waals surface area contributed by atoms with Crippen molar-refractivity contribution in [1.29, 1.82) is 0 Å². The number of aromatic amines is 1. The summed E-state index contributed by atoms with van der Waals surface area (Å²) in [6.45, 7) is 1.99. The van der Waals surface area contributed by atoms with Crippen molar-refractivity contribution in [3.8, 4) is 17.2 Å². The van der Waals surface area contributed by atoms with Gasteiger partial charge in [0.25, 0.3) is 11.1 Å². The number of carbonyl (C=O) groups is 1. The molecule has 4 aromatic rings. The number of hydrogen-bond acceptors (Lipinski definition) is 7. The smallest absolute Gasteiger partial charge is 0.306 e. The number of nitrogens with zero attached hydrogens (tertiary/aromatic N) is 1. The summed E-state index contributed by atoms with van der Waals surface area (Å²) in [6, 6.07) is 14.9. The third-order valence-electron chi connectivity index (χ3n) is 6.49. The van der Waals surface area contributed by atoms with E-state index in [-0.39, 0.29) is 29.0 Å². The number of aryl methyl sites for hydroxylation is 2. The van der Waals surface area contributed by atoms with Gasteiger partial charge >= 0.3 is 5.97 Å². The van der Waals surface area contributed by atoms with Crippen LogP contribution in [0.2, 0.25) is 0 Å². The van der Waals surface area contributed by atoms with E-state index in [2.05, 4.69) is 4.98 Å². The number of phenolic OH excluding ortho intramolecular Hbond substituents is 1. The van der Waals surface area contributed by atoms with Gasteiger partial charge in [-0.15, -0.1) is 0 Å². The molecular weight excluding hydrogens is 476 g/mol. The van der Waals surface area contributed by atoms with Gasteiger partial charge in [0.2, 0.25) is 0 Å². The molecule has 0 amide bonds. The van der Waals surface area contributed by atoms with Crippen LogP contribution in [0, 0.1) is 6.92 Å². The fraction of sp³-hybridized carbons (Fsp3) is 0.250. The molecule has 9 heteroatoms. The lowest BCUT2D eigenvalue weighted by atomic mass is 9.88. The van der Waals surface area contributed by atoms with Gasteiger partial charge in [-0.05, 0) is 61.4 Å². The second kappa shape index (κ2) is 10.6. The van der Waals surface area contributed by atoms with Gasteiger partial charge in [0.05, 0.1) is 26.2 Å². The normalized spacial score (nSPS) is 11.9. The minimum absolute atomic E-state index is 0.0607. The lowest BCUT2D eigenvalue weighted by Crippen LogP contribution is -2.31. The number of nitrogens with one attached hydrogen (secondary N) is 1. The zero-order chi connectivity index (χ0) is 26.7. The summed E-state index contributed by atoms with van der Waals surface area (Å²) in [6.07, 6.45) is 0.169. The molecular formula is C28H28N2O7. The van der Waals surface area contributed by atoms with E-state index < -0.39 is 23.0 Å². The van der Waals surface area contributed by atoms with Crippen molar-refractivity contribution in [2.75, 3.05) is 14.2 Å². The average molecular weight is 505 g/mol. The SMILES string of the molecule is COC(=O)C[C@@H](c1cc2cc(OC)ccc2[nH]c1=O)c1c(O)cc(C)n(CCc2ccc(O)cc2)c1=O. The van der Waals surface area contributed by atoms with Gasteiger partial charge in [0, 0.05) is 34.6 Å². The van der Waals surface area contributed by atoms with Crippen LogP contribution in [0.25, 0.3) is 10.9 Å². The van der Waals surface area contributed by atoms with Crippen LogP contribution in [-0.2, 0) is 22.5 Å². The van der Waals surface area contributed by atoms with Crippen molar-refractivity contribution in [3.05, 3.63) is 97.7 Å². The molecule has 2 heterocycles. The highest BCUT2D eigenvalue weighted by molar-refractivity contribution is 5.81. The molecule has 0 unspecified atom stereocenters. The molecule has 0 bridgehead atoms. The number of pyridine rings is 2. The number of rotatable bonds is 8. The molecule has 0 saturated carbocycles. The Morgan fingerprint density at radius 3 is 2.43 bits per heavy atom. The summed E-state index contributed by atoms with van der Waals surface area (Å²) in [5.74, 6) is -1.27. The Kier molecular flexibility index (Phi) is 7.33. The van der Waals surface area contributed by atoms with Crippen molar-refractivity contribution in [2.24, 2.45) is 0 Å².